The van der Waals surface area contributed by atoms with Crippen LogP contribution in [0.5, 0.6) is 0 Å². The quantitative estimate of drug-likeness (QED) is 0.882. The van der Waals surface area contributed by atoms with E-state index in [1.54, 1.807) is 0 Å². The minimum atomic E-state index is -0.248. The maximum atomic E-state index is 12.7. The Balaban J connectivity index is 2.18. The second kappa shape index (κ2) is 6.40. The fourth-order valence-corrected chi connectivity index (χ4v) is 2.99. The Kier molecular flexibility index (Phi) is 4.81. The Morgan fingerprint density at radius 1 is 1.40 bits per heavy atom. The van der Waals surface area contributed by atoms with Crippen molar-refractivity contribution < 1.29 is 4.79 Å². The van der Waals surface area contributed by atoms with Crippen LogP contribution >= 0.6 is 0 Å². The topological polar surface area (TPSA) is 41.1 Å². The molecule has 1 heterocycles. The van der Waals surface area contributed by atoms with Crippen LogP contribution in [0.4, 0.5) is 5.69 Å². The lowest BCUT2D eigenvalue weighted by molar-refractivity contribution is -0.126. The van der Waals surface area contributed by atoms with Crippen molar-refractivity contribution in [2.45, 2.75) is 46.0 Å². The molecule has 3 nitrogen and oxygen atoms in total. The summed E-state index contributed by atoms with van der Waals surface area (Å²) < 4.78 is 0. The van der Waals surface area contributed by atoms with E-state index in [-0.39, 0.29) is 11.3 Å². The minimum Gasteiger partial charge on any atom is -0.325 e. The smallest absolute Gasteiger partial charge is 0.231 e. The number of amides is 1. The molecule has 1 aliphatic heterocycles. The average Bonchev–Trinajstić information content (AvgIpc) is 2.48. The molecular weight excluding hydrogens is 248 g/mol. The fraction of sp³-hybridized carbons (Fsp3) is 0.588. The number of benzene rings is 1. The molecule has 1 fully saturated rings. The number of carbonyl (C=O) groups is 1. The van der Waals surface area contributed by atoms with Crippen LogP contribution in [-0.4, -0.2) is 19.0 Å². The van der Waals surface area contributed by atoms with E-state index in [4.69, 9.17) is 0 Å². The summed E-state index contributed by atoms with van der Waals surface area (Å²) in [7, 11) is 0. The zero-order valence-corrected chi connectivity index (χ0v) is 12.8. The van der Waals surface area contributed by atoms with E-state index in [1.807, 2.05) is 18.2 Å². The van der Waals surface area contributed by atoms with Crippen molar-refractivity contribution in [2.24, 2.45) is 5.41 Å². The van der Waals surface area contributed by atoms with Gasteiger partial charge in [-0.2, -0.15) is 0 Å². The van der Waals surface area contributed by atoms with Gasteiger partial charge in [0, 0.05) is 12.2 Å². The summed E-state index contributed by atoms with van der Waals surface area (Å²) in [5, 5.41) is 6.54. The summed E-state index contributed by atoms with van der Waals surface area (Å²) in [6, 6.07) is 8.12. The van der Waals surface area contributed by atoms with E-state index in [0.29, 0.717) is 5.92 Å². The molecule has 1 unspecified atom stereocenters. The standard InChI is InChI=1S/C17H26N2O/c1-4-17(10-7-11-18-12-17)16(20)19-15-9-6-5-8-14(15)13(2)3/h5-6,8-9,13,18H,4,7,10-12H2,1-3H3,(H,19,20). The van der Waals surface area contributed by atoms with Crippen LogP contribution < -0.4 is 10.6 Å². The van der Waals surface area contributed by atoms with Gasteiger partial charge in [0.1, 0.15) is 0 Å². The van der Waals surface area contributed by atoms with Gasteiger partial charge in [-0.1, -0.05) is 39.0 Å². The van der Waals surface area contributed by atoms with Gasteiger partial charge in [-0.25, -0.2) is 0 Å². The SMILES string of the molecule is CCC1(C(=O)Nc2ccccc2C(C)C)CCCNC1. The first-order valence-corrected chi connectivity index (χ1v) is 7.70. The zero-order chi connectivity index (χ0) is 14.6. The van der Waals surface area contributed by atoms with Crippen molar-refractivity contribution >= 4 is 11.6 Å². The second-order valence-corrected chi connectivity index (χ2v) is 6.11. The lowest BCUT2D eigenvalue weighted by Gasteiger charge is -2.35. The van der Waals surface area contributed by atoms with Crippen molar-refractivity contribution in [3.8, 4) is 0 Å². The molecule has 0 aliphatic carbocycles. The molecule has 110 valence electrons. The molecule has 0 bridgehead atoms. The fourth-order valence-electron chi connectivity index (χ4n) is 2.99. The molecule has 0 spiro atoms. The van der Waals surface area contributed by atoms with Gasteiger partial charge in [0.15, 0.2) is 0 Å². The largest absolute Gasteiger partial charge is 0.325 e. The molecule has 0 saturated carbocycles. The highest BCUT2D eigenvalue weighted by Gasteiger charge is 2.38. The molecule has 20 heavy (non-hydrogen) atoms. The predicted molar refractivity (Wildman–Crippen MR) is 84.0 cm³/mol. The molecule has 1 aromatic rings. The number of hydrogen-bond acceptors (Lipinski definition) is 2. The van der Waals surface area contributed by atoms with Crippen molar-refractivity contribution in [3.05, 3.63) is 29.8 Å². The van der Waals surface area contributed by atoms with Crippen molar-refractivity contribution in [1.29, 1.82) is 0 Å². The van der Waals surface area contributed by atoms with Crippen LogP contribution in [0.15, 0.2) is 24.3 Å². The highest BCUT2D eigenvalue weighted by molar-refractivity contribution is 5.96. The van der Waals surface area contributed by atoms with Crippen LogP contribution in [0, 0.1) is 5.41 Å². The maximum absolute atomic E-state index is 12.7. The molecule has 2 rings (SSSR count). The Bertz CT molecular complexity index is 462. The van der Waals surface area contributed by atoms with E-state index < -0.39 is 0 Å². The molecule has 0 radical (unpaired) electrons. The Morgan fingerprint density at radius 2 is 2.15 bits per heavy atom. The maximum Gasteiger partial charge on any atom is 0.231 e. The van der Waals surface area contributed by atoms with Crippen LogP contribution in [-0.2, 0) is 4.79 Å². The van der Waals surface area contributed by atoms with E-state index in [0.717, 1.165) is 38.0 Å². The highest BCUT2D eigenvalue weighted by Crippen LogP contribution is 2.33. The summed E-state index contributed by atoms with van der Waals surface area (Å²) in [6.45, 7) is 8.24. The predicted octanol–water partition coefficient (Wildman–Crippen LogP) is 3.53. The summed E-state index contributed by atoms with van der Waals surface area (Å²) in [6.07, 6.45) is 2.94. The number of anilines is 1. The third-order valence-corrected chi connectivity index (χ3v) is 4.46. The van der Waals surface area contributed by atoms with Gasteiger partial charge in [-0.05, 0) is 43.4 Å². The number of piperidine rings is 1. The molecule has 2 N–H and O–H groups in total. The number of rotatable bonds is 4. The first-order valence-electron chi connectivity index (χ1n) is 7.70. The first-order chi connectivity index (χ1) is 9.59. The Labute approximate surface area is 122 Å². The van der Waals surface area contributed by atoms with Crippen LogP contribution in [0.25, 0.3) is 0 Å². The van der Waals surface area contributed by atoms with Gasteiger partial charge in [0.05, 0.1) is 5.41 Å². The lowest BCUT2D eigenvalue weighted by Crippen LogP contribution is -2.47. The van der Waals surface area contributed by atoms with Crippen molar-refractivity contribution in [3.63, 3.8) is 0 Å². The molecular formula is C17H26N2O. The van der Waals surface area contributed by atoms with Gasteiger partial charge in [-0.3, -0.25) is 4.79 Å². The van der Waals surface area contributed by atoms with Crippen molar-refractivity contribution in [2.75, 3.05) is 18.4 Å². The molecule has 1 atom stereocenters. The minimum absolute atomic E-state index is 0.167. The van der Waals surface area contributed by atoms with Gasteiger partial charge in [0.2, 0.25) is 5.91 Å². The lowest BCUT2D eigenvalue weighted by atomic mass is 9.77. The first kappa shape index (κ1) is 15.0. The highest BCUT2D eigenvalue weighted by atomic mass is 16.2. The summed E-state index contributed by atoms with van der Waals surface area (Å²) in [4.78, 5) is 12.7. The number of nitrogens with one attached hydrogen (secondary N) is 2. The summed E-state index contributed by atoms with van der Waals surface area (Å²) >= 11 is 0. The molecule has 0 aromatic heterocycles. The van der Waals surface area contributed by atoms with Gasteiger partial charge >= 0.3 is 0 Å². The van der Waals surface area contributed by atoms with Gasteiger partial charge in [-0.15, -0.1) is 0 Å². The summed E-state index contributed by atoms with van der Waals surface area (Å²) in [5.41, 5.74) is 1.92. The second-order valence-electron chi connectivity index (χ2n) is 6.11. The Morgan fingerprint density at radius 3 is 2.75 bits per heavy atom. The van der Waals surface area contributed by atoms with E-state index in [2.05, 4.69) is 37.5 Å². The normalized spacial score (nSPS) is 22.8. The number of para-hydroxylation sites is 1. The van der Waals surface area contributed by atoms with Crippen LogP contribution in [0.1, 0.15) is 51.5 Å². The van der Waals surface area contributed by atoms with Crippen molar-refractivity contribution in [1.82, 2.24) is 5.32 Å². The molecule has 3 heteroatoms. The van der Waals surface area contributed by atoms with Crippen LogP contribution in [0.2, 0.25) is 0 Å². The van der Waals surface area contributed by atoms with E-state index in [9.17, 15) is 4.79 Å². The Hall–Kier alpha value is -1.35. The van der Waals surface area contributed by atoms with Gasteiger partial charge in [0.25, 0.3) is 0 Å². The van der Waals surface area contributed by atoms with E-state index >= 15 is 0 Å². The number of hydrogen-bond donors (Lipinski definition) is 2. The number of carbonyl (C=O) groups excluding carboxylic acids is 1. The summed E-state index contributed by atoms with van der Waals surface area (Å²) in [5.74, 6) is 0.578. The third kappa shape index (κ3) is 3.04. The van der Waals surface area contributed by atoms with Gasteiger partial charge < -0.3 is 10.6 Å². The van der Waals surface area contributed by atoms with Crippen LogP contribution in [0.3, 0.4) is 0 Å². The third-order valence-electron chi connectivity index (χ3n) is 4.46. The zero-order valence-electron chi connectivity index (χ0n) is 12.8. The van der Waals surface area contributed by atoms with E-state index in [1.165, 1.54) is 5.56 Å². The molecule has 1 aliphatic rings. The molecule has 1 aromatic carbocycles. The monoisotopic (exact) mass is 274 g/mol. The average molecular weight is 274 g/mol. The molecule has 1 saturated heterocycles. The molecule has 1 amide bonds.